The fourth-order valence-electron chi connectivity index (χ4n) is 2.12. The molecule has 0 spiro atoms. The molecule has 16 heavy (non-hydrogen) atoms. The van der Waals surface area contributed by atoms with Crippen LogP contribution in [-0.2, 0) is 0 Å². The second kappa shape index (κ2) is 5.51. The third-order valence-electron chi connectivity index (χ3n) is 3.09. The molecule has 0 aliphatic heterocycles. The Morgan fingerprint density at radius 1 is 1.31 bits per heavy atom. The molecule has 0 heterocycles. The highest BCUT2D eigenvalue weighted by atomic mass is 35.5. The molecule has 0 amide bonds. The highest BCUT2D eigenvalue weighted by Gasteiger charge is 2.12. The minimum absolute atomic E-state index is 0.380. The third-order valence-corrected chi connectivity index (χ3v) is 3.34. The van der Waals surface area contributed by atoms with Crippen LogP contribution in [0.3, 0.4) is 0 Å². The average molecular weight is 236 g/mol. The third kappa shape index (κ3) is 3.10. The predicted molar refractivity (Wildman–Crippen MR) is 69.8 cm³/mol. The zero-order valence-electron chi connectivity index (χ0n) is 9.62. The lowest BCUT2D eigenvalue weighted by atomic mass is 10.0. The van der Waals surface area contributed by atoms with Gasteiger partial charge in [0.25, 0.3) is 0 Å². The monoisotopic (exact) mass is 235 g/mol. The van der Waals surface area contributed by atoms with Crippen LogP contribution in [0.15, 0.2) is 36.4 Å². The van der Waals surface area contributed by atoms with Crippen molar-refractivity contribution < 1.29 is 0 Å². The van der Waals surface area contributed by atoms with E-state index in [0.717, 1.165) is 5.02 Å². The summed E-state index contributed by atoms with van der Waals surface area (Å²) in [6.07, 6.45) is 8.33. The van der Waals surface area contributed by atoms with Crippen molar-refractivity contribution in [3.63, 3.8) is 0 Å². The van der Waals surface area contributed by atoms with Gasteiger partial charge < -0.3 is 5.32 Å². The van der Waals surface area contributed by atoms with Gasteiger partial charge >= 0.3 is 0 Å². The van der Waals surface area contributed by atoms with E-state index in [0.29, 0.717) is 12.1 Å². The molecule has 1 aromatic carbocycles. The summed E-state index contributed by atoms with van der Waals surface area (Å²) in [7, 11) is 0. The lowest BCUT2D eigenvalue weighted by Gasteiger charge is -2.23. The highest BCUT2D eigenvalue weighted by molar-refractivity contribution is 6.30. The summed E-state index contributed by atoms with van der Waals surface area (Å²) in [4.78, 5) is 0. The van der Waals surface area contributed by atoms with Crippen LogP contribution in [0.5, 0.6) is 0 Å². The van der Waals surface area contributed by atoms with Gasteiger partial charge in [-0.1, -0.05) is 35.9 Å². The van der Waals surface area contributed by atoms with Crippen LogP contribution in [0.25, 0.3) is 0 Å². The SMILES string of the molecule is C[C@@H](NC1C=CCCC1)c1ccc(Cl)cc1. The molecular formula is C14H18ClN. The van der Waals surface area contributed by atoms with Gasteiger partial charge in [-0.2, -0.15) is 0 Å². The van der Waals surface area contributed by atoms with Gasteiger partial charge in [0.1, 0.15) is 0 Å². The van der Waals surface area contributed by atoms with Gasteiger partial charge in [-0.25, -0.2) is 0 Å². The molecule has 2 heteroatoms. The standard InChI is InChI=1S/C14H18ClN/c1-11(12-7-9-13(15)10-8-12)16-14-5-3-2-4-6-14/h3,5,7-11,14,16H,2,4,6H2,1H3/t11-,14?/m1/s1. The Labute approximate surface area is 103 Å². The number of hydrogen-bond acceptors (Lipinski definition) is 1. The van der Waals surface area contributed by atoms with Crippen molar-refractivity contribution in [2.75, 3.05) is 0 Å². The normalized spacial score (nSPS) is 22.0. The van der Waals surface area contributed by atoms with Crippen LogP contribution in [-0.4, -0.2) is 6.04 Å². The summed E-state index contributed by atoms with van der Waals surface area (Å²) in [5.41, 5.74) is 1.29. The molecule has 0 bridgehead atoms. The van der Waals surface area contributed by atoms with E-state index in [9.17, 15) is 0 Å². The smallest absolute Gasteiger partial charge is 0.0406 e. The first-order valence-corrected chi connectivity index (χ1v) is 6.31. The molecule has 1 N–H and O–H groups in total. The Kier molecular flexibility index (Phi) is 4.03. The van der Waals surface area contributed by atoms with Crippen molar-refractivity contribution in [3.8, 4) is 0 Å². The van der Waals surface area contributed by atoms with Gasteiger partial charge in [0, 0.05) is 17.1 Å². The molecule has 0 saturated carbocycles. The lowest BCUT2D eigenvalue weighted by Crippen LogP contribution is -2.30. The molecule has 1 unspecified atom stereocenters. The number of halogens is 1. The largest absolute Gasteiger partial charge is 0.304 e. The Morgan fingerprint density at radius 2 is 2.06 bits per heavy atom. The molecule has 86 valence electrons. The van der Waals surface area contributed by atoms with E-state index in [2.05, 4.69) is 36.5 Å². The molecule has 1 aliphatic carbocycles. The van der Waals surface area contributed by atoms with E-state index in [1.807, 2.05) is 12.1 Å². The maximum atomic E-state index is 5.88. The Bertz CT molecular complexity index is 356. The molecule has 2 rings (SSSR count). The van der Waals surface area contributed by atoms with Crippen LogP contribution in [0, 0.1) is 0 Å². The topological polar surface area (TPSA) is 12.0 Å². The van der Waals surface area contributed by atoms with Gasteiger partial charge in [0.2, 0.25) is 0 Å². The summed E-state index contributed by atoms with van der Waals surface area (Å²) >= 11 is 5.88. The van der Waals surface area contributed by atoms with E-state index < -0.39 is 0 Å². The first-order valence-electron chi connectivity index (χ1n) is 5.94. The van der Waals surface area contributed by atoms with Crippen molar-refractivity contribution in [2.24, 2.45) is 0 Å². The van der Waals surface area contributed by atoms with Gasteiger partial charge in [-0.05, 0) is 43.9 Å². The summed E-state index contributed by atoms with van der Waals surface area (Å²) in [5, 5.41) is 4.42. The maximum absolute atomic E-state index is 5.88. The Morgan fingerprint density at radius 3 is 2.69 bits per heavy atom. The van der Waals surface area contributed by atoms with E-state index in [1.54, 1.807) is 0 Å². The molecule has 2 atom stereocenters. The van der Waals surface area contributed by atoms with Crippen molar-refractivity contribution in [3.05, 3.63) is 47.0 Å². The molecule has 0 aromatic heterocycles. The fourth-order valence-corrected chi connectivity index (χ4v) is 2.25. The number of rotatable bonds is 3. The van der Waals surface area contributed by atoms with E-state index in [4.69, 9.17) is 11.6 Å². The van der Waals surface area contributed by atoms with Crippen LogP contribution in [0.1, 0.15) is 37.8 Å². The van der Waals surface area contributed by atoms with E-state index in [1.165, 1.54) is 24.8 Å². The Balaban J connectivity index is 1.96. The summed E-state index contributed by atoms with van der Waals surface area (Å²) < 4.78 is 0. The second-order valence-corrected chi connectivity index (χ2v) is 4.84. The number of nitrogens with one attached hydrogen (secondary N) is 1. The Hall–Kier alpha value is -0.790. The summed E-state index contributed by atoms with van der Waals surface area (Å²) in [5.74, 6) is 0. The first-order chi connectivity index (χ1) is 7.75. The molecular weight excluding hydrogens is 218 g/mol. The number of hydrogen-bond donors (Lipinski definition) is 1. The first kappa shape index (κ1) is 11.7. The maximum Gasteiger partial charge on any atom is 0.0406 e. The van der Waals surface area contributed by atoms with Crippen molar-refractivity contribution in [1.29, 1.82) is 0 Å². The van der Waals surface area contributed by atoms with Crippen LogP contribution >= 0.6 is 11.6 Å². The van der Waals surface area contributed by atoms with E-state index >= 15 is 0 Å². The summed E-state index contributed by atoms with van der Waals surface area (Å²) in [6, 6.07) is 8.99. The minimum atomic E-state index is 0.380. The van der Waals surface area contributed by atoms with Gasteiger partial charge in [-0.3, -0.25) is 0 Å². The molecule has 1 aliphatic rings. The van der Waals surface area contributed by atoms with Crippen LogP contribution < -0.4 is 5.32 Å². The fraction of sp³-hybridized carbons (Fsp3) is 0.429. The molecule has 1 nitrogen and oxygen atoms in total. The number of benzene rings is 1. The van der Waals surface area contributed by atoms with Crippen molar-refractivity contribution in [2.45, 2.75) is 38.3 Å². The molecule has 0 saturated heterocycles. The number of allylic oxidation sites excluding steroid dienone is 1. The summed E-state index contributed by atoms with van der Waals surface area (Å²) in [6.45, 7) is 2.20. The molecule has 0 radical (unpaired) electrons. The molecule has 1 aromatic rings. The molecule has 0 fully saturated rings. The van der Waals surface area contributed by atoms with Gasteiger partial charge in [-0.15, -0.1) is 0 Å². The van der Waals surface area contributed by atoms with Crippen LogP contribution in [0.2, 0.25) is 5.02 Å². The van der Waals surface area contributed by atoms with Gasteiger partial charge in [0.15, 0.2) is 0 Å². The van der Waals surface area contributed by atoms with Crippen LogP contribution in [0.4, 0.5) is 0 Å². The van der Waals surface area contributed by atoms with E-state index in [-0.39, 0.29) is 0 Å². The second-order valence-electron chi connectivity index (χ2n) is 4.41. The van der Waals surface area contributed by atoms with Crippen molar-refractivity contribution in [1.82, 2.24) is 5.32 Å². The van der Waals surface area contributed by atoms with Crippen molar-refractivity contribution >= 4 is 11.6 Å². The minimum Gasteiger partial charge on any atom is -0.304 e. The predicted octanol–water partition coefficient (Wildman–Crippen LogP) is 4.10. The highest BCUT2D eigenvalue weighted by Crippen LogP contribution is 2.19. The van der Waals surface area contributed by atoms with Gasteiger partial charge in [0.05, 0.1) is 0 Å². The quantitative estimate of drug-likeness (QED) is 0.778. The zero-order chi connectivity index (χ0) is 11.4. The average Bonchev–Trinajstić information content (AvgIpc) is 2.31. The lowest BCUT2D eigenvalue weighted by molar-refractivity contribution is 0.467. The zero-order valence-corrected chi connectivity index (χ0v) is 10.4.